The molecule has 0 spiro atoms. The smallest absolute Gasteiger partial charge is 0.0478 e. The second-order valence-corrected chi connectivity index (χ2v) is 5.10. The Morgan fingerprint density at radius 3 is 1.42 bits per heavy atom. The SMILES string of the molecule is CCCCCOCCCNCCCOCCCCC. The Balaban J connectivity index is 2.88. The van der Waals surface area contributed by atoms with E-state index in [4.69, 9.17) is 9.47 Å². The molecule has 0 saturated carbocycles. The molecule has 116 valence electrons. The van der Waals surface area contributed by atoms with E-state index in [1.54, 1.807) is 0 Å². The van der Waals surface area contributed by atoms with Gasteiger partial charge in [-0.25, -0.2) is 0 Å². The first kappa shape index (κ1) is 18.9. The summed E-state index contributed by atoms with van der Waals surface area (Å²) in [5.74, 6) is 0. The maximum atomic E-state index is 5.55. The minimum absolute atomic E-state index is 0.893. The van der Waals surface area contributed by atoms with Crippen LogP contribution in [0.3, 0.4) is 0 Å². The summed E-state index contributed by atoms with van der Waals surface area (Å²) < 4.78 is 11.1. The highest BCUT2D eigenvalue weighted by Crippen LogP contribution is 1.95. The zero-order chi connectivity index (χ0) is 14.0. The van der Waals surface area contributed by atoms with Crippen molar-refractivity contribution in [2.24, 2.45) is 0 Å². The molecule has 0 unspecified atom stereocenters. The lowest BCUT2D eigenvalue weighted by molar-refractivity contribution is 0.123. The molecule has 3 heteroatoms. The van der Waals surface area contributed by atoms with Gasteiger partial charge in [0.15, 0.2) is 0 Å². The number of rotatable bonds is 16. The van der Waals surface area contributed by atoms with Crippen LogP contribution < -0.4 is 5.32 Å². The maximum absolute atomic E-state index is 5.55. The summed E-state index contributed by atoms with van der Waals surface area (Å²) in [5, 5.41) is 3.43. The van der Waals surface area contributed by atoms with E-state index in [1.807, 2.05) is 0 Å². The number of hydrogen-bond acceptors (Lipinski definition) is 3. The molecule has 0 fully saturated rings. The monoisotopic (exact) mass is 273 g/mol. The standard InChI is InChI=1S/C16H35NO2/c1-3-5-7-13-18-15-9-11-17-12-10-16-19-14-8-6-4-2/h17H,3-16H2,1-2H3. The molecule has 0 atom stereocenters. The lowest BCUT2D eigenvalue weighted by Gasteiger charge is -2.06. The Morgan fingerprint density at radius 2 is 1.00 bits per heavy atom. The molecule has 0 saturated heterocycles. The van der Waals surface area contributed by atoms with Crippen LogP contribution in [0.25, 0.3) is 0 Å². The minimum atomic E-state index is 0.893. The summed E-state index contributed by atoms with van der Waals surface area (Å²) in [6.45, 7) is 10.2. The molecule has 0 radical (unpaired) electrons. The lowest BCUT2D eigenvalue weighted by Crippen LogP contribution is -2.19. The van der Waals surface area contributed by atoms with Crippen molar-refractivity contribution in [1.82, 2.24) is 5.32 Å². The lowest BCUT2D eigenvalue weighted by atomic mass is 10.3. The molecule has 0 aromatic heterocycles. The van der Waals surface area contributed by atoms with E-state index < -0.39 is 0 Å². The first-order valence-corrected chi connectivity index (χ1v) is 8.28. The van der Waals surface area contributed by atoms with E-state index >= 15 is 0 Å². The van der Waals surface area contributed by atoms with Crippen LogP contribution in [0.4, 0.5) is 0 Å². The van der Waals surface area contributed by atoms with Gasteiger partial charge in [-0.15, -0.1) is 0 Å². The quantitative estimate of drug-likeness (QED) is 0.434. The van der Waals surface area contributed by atoms with Gasteiger partial charge in [0.05, 0.1) is 0 Å². The topological polar surface area (TPSA) is 30.5 Å². The van der Waals surface area contributed by atoms with Gasteiger partial charge in [0, 0.05) is 26.4 Å². The van der Waals surface area contributed by atoms with Crippen LogP contribution in [0.15, 0.2) is 0 Å². The zero-order valence-corrected chi connectivity index (χ0v) is 13.2. The van der Waals surface area contributed by atoms with Crippen LogP contribution in [-0.2, 0) is 9.47 Å². The van der Waals surface area contributed by atoms with Crippen LogP contribution in [0.2, 0.25) is 0 Å². The maximum Gasteiger partial charge on any atom is 0.0478 e. The average molecular weight is 273 g/mol. The summed E-state index contributed by atoms with van der Waals surface area (Å²) in [6, 6.07) is 0. The Bertz CT molecular complexity index is 138. The molecule has 19 heavy (non-hydrogen) atoms. The largest absolute Gasteiger partial charge is 0.381 e. The van der Waals surface area contributed by atoms with Crippen molar-refractivity contribution in [3.05, 3.63) is 0 Å². The summed E-state index contributed by atoms with van der Waals surface area (Å²) in [5.41, 5.74) is 0. The van der Waals surface area contributed by atoms with Crippen molar-refractivity contribution in [3.8, 4) is 0 Å². The fourth-order valence-corrected chi connectivity index (χ4v) is 1.84. The van der Waals surface area contributed by atoms with Crippen LogP contribution >= 0.6 is 0 Å². The van der Waals surface area contributed by atoms with E-state index in [0.717, 1.165) is 52.4 Å². The molecule has 0 bridgehead atoms. The molecular weight excluding hydrogens is 238 g/mol. The molecule has 3 nitrogen and oxygen atoms in total. The summed E-state index contributed by atoms with van der Waals surface area (Å²) in [4.78, 5) is 0. The Labute approximate surface area is 120 Å². The third kappa shape index (κ3) is 17.9. The van der Waals surface area contributed by atoms with Crippen molar-refractivity contribution >= 4 is 0 Å². The molecule has 0 amide bonds. The number of ether oxygens (including phenoxy) is 2. The number of hydrogen-bond donors (Lipinski definition) is 1. The van der Waals surface area contributed by atoms with Crippen molar-refractivity contribution in [3.63, 3.8) is 0 Å². The molecule has 0 aliphatic rings. The Hall–Kier alpha value is -0.120. The second kappa shape index (κ2) is 17.9. The summed E-state index contributed by atoms with van der Waals surface area (Å²) in [7, 11) is 0. The number of unbranched alkanes of at least 4 members (excludes halogenated alkanes) is 4. The molecule has 0 aliphatic carbocycles. The van der Waals surface area contributed by atoms with Gasteiger partial charge in [0.1, 0.15) is 0 Å². The van der Waals surface area contributed by atoms with Gasteiger partial charge in [-0.2, -0.15) is 0 Å². The zero-order valence-electron chi connectivity index (χ0n) is 13.2. The number of nitrogens with one attached hydrogen (secondary N) is 1. The van der Waals surface area contributed by atoms with Gasteiger partial charge in [-0.05, 0) is 38.8 Å². The second-order valence-electron chi connectivity index (χ2n) is 5.10. The molecule has 1 N–H and O–H groups in total. The van der Waals surface area contributed by atoms with Crippen molar-refractivity contribution < 1.29 is 9.47 Å². The normalized spacial score (nSPS) is 11.1. The third-order valence-electron chi connectivity index (χ3n) is 3.07. The first-order valence-electron chi connectivity index (χ1n) is 8.28. The first-order chi connectivity index (χ1) is 9.41. The van der Waals surface area contributed by atoms with Crippen molar-refractivity contribution in [1.29, 1.82) is 0 Å². The van der Waals surface area contributed by atoms with Crippen LogP contribution in [0.1, 0.15) is 65.2 Å². The van der Waals surface area contributed by atoms with Crippen molar-refractivity contribution in [2.45, 2.75) is 65.2 Å². The molecule has 0 aromatic rings. The molecule has 0 aromatic carbocycles. The average Bonchev–Trinajstić information content (AvgIpc) is 2.43. The van der Waals surface area contributed by atoms with E-state index in [0.29, 0.717) is 0 Å². The minimum Gasteiger partial charge on any atom is -0.381 e. The van der Waals surface area contributed by atoms with Crippen LogP contribution in [-0.4, -0.2) is 39.5 Å². The van der Waals surface area contributed by atoms with Gasteiger partial charge in [-0.1, -0.05) is 39.5 Å². The van der Waals surface area contributed by atoms with E-state index in [-0.39, 0.29) is 0 Å². The molecule has 0 aliphatic heterocycles. The van der Waals surface area contributed by atoms with Gasteiger partial charge < -0.3 is 14.8 Å². The summed E-state index contributed by atoms with van der Waals surface area (Å²) >= 11 is 0. The Morgan fingerprint density at radius 1 is 0.579 bits per heavy atom. The van der Waals surface area contributed by atoms with Crippen LogP contribution in [0.5, 0.6) is 0 Å². The van der Waals surface area contributed by atoms with Crippen molar-refractivity contribution in [2.75, 3.05) is 39.5 Å². The molecule has 0 rings (SSSR count). The Kier molecular flexibility index (Phi) is 17.8. The fraction of sp³-hybridized carbons (Fsp3) is 1.00. The van der Waals surface area contributed by atoms with Gasteiger partial charge in [0.25, 0.3) is 0 Å². The van der Waals surface area contributed by atoms with E-state index in [1.165, 1.54) is 38.5 Å². The molecular formula is C16H35NO2. The van der Waals surface area contributed by atoms with Gasteiger partial charge in [0.2, 0.25) is 0 Å². The highest BCUT2D eigenvalue weighted by Gasteiger charge is 1.92. The van der Waals surface area contributed by atoms with Gasteiger partial charge >= 0.3 is 0 Å². The van der Waals surface area contributed by atoms with E-state index in [9.17, 15) is 0 Å². The predicted octanol–water partition coefficient (Wildman–Crippen LogP) is 3.77. The highest BCUT2D eigenvalue weighted by molar-refractivity contribution is 4.48. The van der Waals surface area contributed by atoms with E-state index in [2.05, 4.69) is 19.2 Å². The highest BCUT2D eigenvalue weighted by atomic mass is 16.5. The van der Waals surface area contributed by atoms with Gasteiger partial charge in [-0.3, -0.25) is 0 Å². The predicted molar refractivity (Wildman–Crippen MR) is 82.8 cm³/mol. The third-order valence-corrected chi connectivity index (χ3v) is 3.07. The van der Waals surface area contributed by atoms with Crippen LogP contribution in [0, 0.1) is 0 Å². The summed E-state index contributed by atoms with van der Waals surface area (Å²) in [6.07, 6.45) is 9.76. The molecule has 0 heterocycles. The fourth-order valence-electron chi connectivity index (χ4n) is 1.84.